The van der Waals surface area contributed by atoms with Gasteiger partial charge in [-0.05, 0) is 54.7 Å². The number of nitrogens with two attached hydrogens (primary N) is 1. The third-order valence-corrected chi connectivity index (χ3v) is 4.35. The Balaban J connectivity index is 1.64. The van der Waals surface area contributed by atoms with Crippen molar-refractivity contribution in [1.29, 1.82) is 0 Å². The minimum Gasteiger partial charge on any atom is -0.493 e. The van der Waals surface area contributed by atoms with Crippen LogP contribution in [-0.2, 0) is 5.54 Å². The highest BCUT2D eigenvalue weighted by atomic mass is 16.5. The minimum absolute atomic E-state index is 0.0624. The van der Waals surface area contributed by atoms with Crippen LogP contribution in [0.3, 0.4) is 0 Å². The van der Waals surface area contributed by atoms with Gasteiger partial charge < -0.3 is 10.5 Å². The minimum atomic E-state index is -0.0624. The zero-order valence-electron chi connectivity index (χ0n) is 11.4. The fourth-order valence-corrected chi connectivity index (χ4v) is 3.17. The molecule has 0 saturated heterocycles. The molecular weight excluding hydrogens is 222 g/mol. The normalized spacial score (nSPS) is 22.9. The summed E-state index contributed by atoms with van der Waals surface area (Å²) in [6.07, 6.45) is 5.13. The molecule has 98 valence electrons. The van der Waals surface area contributed by atoms with Crippen molar-refractivity contribution in [2.75, 3.05) is 6.61 Å². The summed E-state index contributed by atoms with van der Waals surface area (Å²) in [5.41, 5.74) is 8.32. The molecule has 0 aliphatic heterocycles. The van der Waals surface area contributed by atoms with E-state index in [4.69, 9.17) is 10.5 Å². The highest BCUT2D eigenvalue weighted by molar-refractivity contribution is 5.35. The number of rotatable bonds is 4. The monoisotopic (exact) mass is 245 g/mol. The lowest BCUT2D eigenvalue weighted by Gasteiger charge is -2.46. The van der Waals surface area contributed by atoms with Gasteiger partial charge in [-0.3, -0.25) is 0 Å². The van der Waals surface area contributed by atoms with Crippen LogP contribution in [0.2, 0.25) is 0 Å². The second-order valence-corrected chi connectivity index (χ2v) is 6.74. The first kappa shape index (κ1) is 12.0. The molecule has 1 aromatic carbocycles. The largest absolute Gasteiger partial charge is 0.493 e. The van der Waals surface area contributed by atoms with Gasteiger partial charge in [0.2, 0.25) is 0 Å². The molecule has 2 nitrogen and oxygen atoms in total. The molecule has 18 heavy (non-hydrogen) atoms. The molecule has 0 radical (unpaired) electrons. The Morgan fingerprint density at radius 3 is 2.28 bits per heavy atom. The first-order chi connectivity index (χ1) is 8.51. The summed E-state index contributed by atoms with van der Waals surface area (Å²) < 4.78 is 5.70. The summed E-state index contributed by atoms with van der Waals surface area (Å²) in [6.45, 7) is 5.09. The van der Waals surface area contributed by atoms with Gasteiger partial charge in [0, 0.05) is 5.54 Å². The Kier molecular flexibility index (Phi) is 2.67. The van der Waals surface area contributed by atoms with Gasteiger partial charge in [-0.1, -0.05) is 26.0 Å². The van der Waals surface area contributed by atoms with E-state index < -0.39 is 0 Å². The van der Waals surface area contributed by atoms with Crippen LogP contribution in [0.15, 0.2) is 24.3 Å². The molecule has 0 unspecified atom stereocenters. The predicted octanol–water partition coefficient (Wildman–Crippen LogP) is 3.45. The molecule has 0 atom stereocenters. The van der Waals surface area contributed by atoms with Gasteiger partial charge in [-0.25, -0.2) is 0 Å². The van der Waals surface area contributed by atoms with Crippen molar-refractivity contribution in [3.63, 3.8) is 0 Å². The van der Waals surface area contributed by atoms with Crippen LogP contribution in [0.4, 0.5) is 0 Å². The van der Waals surface area contributed by atoms with Gasteiger partial charge in [0.1, 0.15) is 5.75 Å². The van der Waals surface area contributed by atoms with Crippen molar-refractivity contribution < 1.29 is 4.74 Å². The molecular formula is C16H23NO. The summed E-state index contributed by atoms with van der Waals surface area (Å²) in [6, 6.07) is 8.41. The summed E-state index contributed by atoms with van der Waals surface area (Å²) >= 11 is 0. The molecule has 0 aromatic heterocycles. The Labute approximate surface area is 110 Å². The van der Waals surface area contributed by atoms with Crippen LogP contribution in [0.1, 0.15) is 45.1 Å². The molecule has 3 rings (SSSR count). The SMILES string of the molecule is CC(C)COc1ccc(C2(N)CC3(CC3)C2)cc1. The van der Waals surface area contributed by atoms with Crippen LogP contribution >= 0.6 is 0 Å². The van der Waals surface area contributed by atoms with Crippen molar-refractivity contribution in [3.8, 4) is 5.75 Å². The highest BCUT2D eigenvalue weighted by Crippen LogP contribution is 2.66. The van der Waals surface area contributed by atoms with Crippen LogP contribution in [0.5, 0.6) is 5.75 Å². The van der Waals surface area contributed by atoms with E-state index in [0.29, 0.717) is 11.3 Å². The summed E-state index contributed by atoms with van der Waals surface area (Å²) in [7, 11) is 0. The van der Waals surface area contributed by atoms with Crippen molar-refractivity contribution in [2.45, 2.75) is 45.1 Å². The zero-order chi connectivity index (χ0) is 12.8. The Bertz CT molecular complexity index is 423. The van der Waals surface area contributed by atoms with Crippen LogP contribution < -0.4 is 10.5 Å². The fraction of sp³-hybridized carbons (Fsp3) is 0.625. The Hall–Kier alpha value is -1.02. The van der Waals surface area contributed by atoms with E-state index in [1.165, 1.54) is 31.2 Å². The van der Waals surface area contributed by atoms with Crippen molar-refractivity contribution in [2.24, 2.45) is 17.1 Å². The lowest BCUT2D eigenvalue weighted by Crippen LogP contribution is -2.50. The van der Waals surface area contributed by atoms with E-state index in [0.717, 1.165) is 12.4 Å². The number of hydrogen-bond donors (Lipinski definition) is 1. The molecule has 1 aromatic rings. The summed E-state index contributed by atoms with van der Waals surface area (Å²) in [5.74, 6) is 1.52. The maximum absolute atomic E-state index is 6.47. The Morgan fingerprint density at radius 1 is 1.17 bits per heavy atom. The van der Waals surface area contributed by atoms with Crippen LogP contribution in [-0.4, -0.2) is 6.61 Å². The topological polar surface area (TPSA) is 35.2 Å². The van der Waals surface area contributed by atoms with E-state index in [-0.39, 0.29) is 5.54 Å². The Morgan fingerprint density at radius 2 is 1.78 bits per heavy atom. The molecule has 2 saturated carbocycles. The molecule has 2 aliphatic rings. The second-order valence-electron chi connectivity index (χ2n) is 6.74. The average molecular weight is 245 g/mol. The number of ether oxygens (including phenoxy) is 1. The fourth-order valence-electron chi connectivity index (χ4n) is 3.17. The smallest absolute Gasteiger partial charge is 0.119 e. The molecule has 2 N–H and O–H groups in total. The van der Waals surface area contributed by atoms with E-state index >= 15 is 0 Å². The van der Waals surface area contributed by atoms with E-state index in [9.17, 15) is 0 Å². The van der Waals surface area contributed by atoms with E-state index in [2.05, 4.69) is 38.1 Å². The summed E-state index contributed by atoms with van der Waals surface area (Å²) in [5, 5.41) is 0. The standard InChI is InChI=1S/C16H23NO/c1-12(2)9-18-14-5-3-13(4-6-14)16(17)10-15(11-16)7-8-15/h3-6,12H,7-11,17H2,1-2H3. The van der Waals surface area contributed by atoms with Crippen LogP contribution in [0.25, 0.3) is 0 Å². The maximum Gasteiger partial charge on any atom is 0.119 e. The third-order valence-electron chi connectivity index (χ3n) is 4.35. The van der Waals surface area contributed by atoms with Gasteiger partial charge in [0.25, 0.3) is 0 Å². The van der Waals surface area contributed by atoms with Crippen molar-refractivity contribution in [3.05, 3.63) is 29.8 Å². The van der Waals surface area contributed by atoms with E-state index in [1.807, 2.05) is 0 Å². The highest BCUT2D eigenvalue weighted by Gasteiger charge is 2.59. The predicted molar refractivity (Wildman–Crippen MR) is 73.5 cm³/mol. The van der Waals surface area contributed by atoms with Gasteiger partial charge in [0.15, 0.2) is 0 Å². The molecule has 1 spiro atoms. The molecule has 0 amide bonds. The second kappa shape index (κ2) is 3.99. The molecule has 2 heteroatoms. The lowest BCUT2D eigenvalue weighted by atomic mass is 9.63. The number of benzene rings is 1. The van der Waals surface area contributed by atoms with Gasteiger partial charge in [0.05, 0.1) is 6.61 Å². The van der Waals surface area contributed by atoms with Gasteiger partial charge in [-0.15, -0.1) is 0 Å². The maximum atomic E-state index is 6.47. The quantitative estimate of drug-likeness (QED) is 0.881. The first-order valence-electron chi connectivity index (χ1n) is 7.04. The molecule has 0 bridgehead atoms. The lowest BCUT2D eigenvalue weighted by molar-refractivity contribution is 0.125. The van der Waals surface area contributed by atoms with Gasteiger partial charge >= 0.3 is 0 Å². The van der Waals surface area contributed by atoms with E-state index in [1.54, 1.807) is 0 Å². The van der Waals surface area contributed by atoms with Crippen molar-refractivity contribution in [1.82, 2.24) is 0 Å². The average Bonchev–Trinajstić information content (AvgIpc) is 3.06. The molecule has 2 fully saturated rings. The third kappa shape index (κ3) is 2.14. The number of hydrogen-bond acceptors (Lipinski definition) is 2. The van der Waals surface area contributed by atoms with Gasteiger partial charge in [-0.2, -0.15) is 0 Å². The molecule has 2 aliphatic carbocycles. The first-order valence-corrected chi connectivity index (χ1v) is 7.04. The van der Waals surface area contributed by atoms with Crippen molar-refractivity contribution >= 4 is 0 Å². The summed E-state index contributed by atoms with van der Waals surface area (Å²) in [4.78, 5) is 0. The molecule has 0 heterocycles. The zero-order valence-corrected chi connectivity index (χ0v) is 11.4. The van der Waals surface area contributed by atoms with Crippen LogP contribution in [0, 0.1) is 11.3 Å².